The molecule has 0 spiro atoms. The molecule has 2 rings (SSSR count). The van der Waals surface area contributed by atoms with Gasteiger partial charge in [-0.1, -0.05) is 12.1 Å². The molecule has 1 heterocycles. The topological polar surface area (TPSA) is 89.1 Å². The Hall–Kier alpha value is -2.43. The van der Waals surface area contributed by atoms with Crippen LogP contribution in [-0.4, -0.2) is 21.0 Å². The van der Waals surface area contributed by atoms with Gasteiger partial charge in [0.1, 0.15) is 0 Å². The third-order valence-corrected chi connectivity index (χ3v) is 2.10. The fourth-order valence-electron chi connectivity index (χ4n) is 1.32. The highest BCUT2D eigenvalue weighted by molar-refractivity contribution is 5.88. The lowest BCUT2D eigenvalue weighted by molar-refractivity contribution is 0.0697. The van der Waals surface area contributed by atoms with Crippen molar-refractivity contribution in [3.05, 3.63) is 42.1 Å². The number of nitrogens with zero attached hydrogens (tertiary/aromatic N) is 2. The second kappa shape index (κ2) is 3.98. The van der Waals surface area contributed by atoms with E-state index in [0.717, 1.165) is 5.56 Å². The van der Waals surface area contributed by atoms with Crippen LogP contribution in [0.2, 0.25) is 0 Å². The molecule has 0 saturated heterocycles. The summed E-state index contributed by atoms with van der Waals surface area (Å²) in [6, 6.07) is 8.13. The van der Waals surface area contributed by atoms with Crippen LogP contribution < -0.4 is 5.73 Å². The summed E-state index contributed by atoms with van der Waals surface area (Å²) in [5, 5.41) is 8.74. The first-order valence-corrected chi connectivity index (χ1v) is 4.59. The highest BCUT2D eigenvalue weighted by Gasteiger charge is 2.04. The van der Waals surface area contributed by atoms with Crippen molar-refractivity contribution in [2.24, 2.45) is 0 Å². The Morgan fingerprint density at radius 1 is 1.19 bits per heavy atom. The number of hydrogen-bond acceptors (Lipinski definition) is 4. The number of aromatic carboxylic acids is 1. The van der Waals surface area contributed by atoms with Gasteiger partial charge in [-0.3, -0.25) is 0 Å². The number of aromatic nitrogens is 2. The maximum atomic E-state index is 10.7. The second-order valence-electron chi connectivity index (χ2n) is 3.18. The Balaban J connectivity index is 2.38. The van der Waals surface area contributed by atoms with Gasteiger partial charge in [0.25, 0.3) is 0 Å². The molecular weight excluding hydrogens is 206 g/mol. The van der Waals surface area contributed by atoms with Crippen LogP contribution in [0.1, 0.15) is 10.4 Å². The zero-order valence-corrected chi connectivity index (χ0v) is 8.29. The molecule has 1 aromatic carbocycles. The highest BCUT2D eigenvalue weighted by atomic mass is 16.4. The number of anilines is 1. The van der Waals surface area contributed by atoms with Crippen LogP contribution in [0.3, 0.4) is 0 Å². The smallest absolute Gasteiger partial charge is 0.335 e. The molecule has 0 aliphatic carbocycles. The first-order valence-electron chi connectivity index (χ1n) is 4.59. The molecule has 0 amide bonds. The van der Waals surface area contributed by atoms with Crippen molar-refractivity contribution < 1.29 is 9.90 Å². The van der Waals surface area contributed by atoms with Crippen LogP contribution in [0.25, 0.3) is 11.3 Å². The largest absolute Gasteiger partial charge is 0.478 e. The van der Waals surface area contributed by atoms with Crippen molar-refractivity contribution in [3.8, 4) is 11.3 Å². The Morgan fingerprint density at radius 2 is 1.88 bits per heavy atom. The Kier molecular flexibility index (Phi) is 2.51. The predicted octanol–water partition coefficient (Wildman–Crippen LogP) is 1.42. The van der Waals surface area contributed by atoms with Crippen molar-refractivity contribution in [3.63, 3.8) is 0 Å². The molecule has 0 fully saturated rings. The molecule has 80 valence electrons. The van der Waals surface area contributed by atoms with Crippen molar-refractivity contribution >= 4 is 11.9 Å². The lowest BCUT2D eigenvalue weighted by Crippen LogP contribution is -1.97. The second-order valence-corrected chi connectivity index (χ2v) is 3.18. The van der Waals surface area contributed by atoms with Gasteiger partial charge in [0.2, 0.25) is 5.95 Å². The van der Waals surface area contributed by atoms with Gasteiger partial charge in [-0.15, -0.1) is 0 Å². The molecule has 0 unspecified atom stereocenters. The lowest BCUT2D eigenvalue weighted by atomic mass is 10.1. The van der Waals surface area contributed by atoms with Gasteiger partial charge in [0.15, 0.2) is 0 Å². The molecule has 2 aromatic rings. The summed E-state index contributed by atoms with van der Waals surface area (Å²) in [5.41, 5.74) is 7.17. The van der Waals surface area contributed by atoms with E-state index in [4.69, 9.17) is 10.8 Å². The van der Waals surface area contributed by atoms with Crippen LogP contribution in [0.5, 0.6) is 0 Å². The number of benzene rings is 1. The molecule has 1 aromatic heterocycles. The molecular formula is C11H9N3O2. The number of nitrogens with two attached hydrogens (primary N) is 1. The monoisotopic (exact) mass is 215 g/mol. The summed E-state index contributed by atoms with van der Waals surface area (Å²) in [6.45, 7) is 0. The number of carboxylic acids is 1. The zero-order valence-electron chi connectivity index (χ0n) is 8.29. The minimum Gasteiger partial charge on any atom is -0.478 e. The average molecular weight is 215 g/mol. The van der Waals surface area contributed by atoms with E-state index in [1.807, 2.05) is 0 Å². The minimum atomic E-state index is -0.950. The maximum absolute atomic E-state index is 10.7. The summed E-state index contributed by atoms with van der Waals surface area (Å²) in [6.07, 6.45) is 1.56. The highest BCUT2D eigenvalue weighted by Crippen LogP contribution is 2.17. The van der Waals surface area contributed by atoms with Gasteiger partial charge in [0.05, 0.1) is 11.3 Å². The molecule has 5 heteroatoms. The summed E-state index contributed by atoms with van der Waals surface area (Å²) in [5.74, 6) is -0.756. The van der Waals surface area contributed by atoms with Crippen LogP contribution in [-0.2, 0) is 0 Å². The molecule has 3 N–H and O–H groups in total. The fourth-order valence-corrected chi connectivity index (χ4v) is 1.32. The van der Waals surface area contributed by atoms with Crippen LogP contribution >= 0.6 is 0 Å². The summed E-state index contributed by atoms with van der Waals surface area (Å²) in [7, 11) is 0. The molecule has 0 bridgehead atoms. The van der Waals surface area contributed by atoms with Crippen LogP contribution in [0.4, 0.5) is 5.95 Å². The van der Waals surface area contributed by atoms with Gasteiger partial charge >= 0.3 is 5.97 Å². The van der Waals surface area contributed by atoms with Crippen molar-refractivity contribution in [2.45, 2.75) is 0 Å². The first kappa shape index (κ1) is 10.1. The number of carbonyl (C=O) groups is 1. The van der Waals surface area contributed by atoms with Crippen molar-refractivity contribution in [1.82, 2.24) is 9.97 Å². The summed E-state index contributed by atoms with van der Waals surface area (Å²) >= 11 is 0. The predicted molar refractivity (Wildman–Crippen MR) is 58.8 cm³/mol. The molecule has 0 aliphatic heterocycles. The summed E-state index contributed by atoms with van der Waals surface area (Å²) < 4.78 is 0. The number of carboxylic acid groups (broad SMARTS) is 1. The van der Waals surface area contributed by atoms with Crippen molar-refractivity contribution in [1.29, 1.82) is 0 Å². The van der Waals surface area contributed by atoms with E-state index >= 15 is 0 Å². The van der Waals surface area contributed by atoms with Crippen molar-refractivity contribution in [2.75, 3.05) is 5.73 Å². The van der Waals surface area contributed by atoms with E-state index < -0.39 is 5.97 Å². The van der Waals surface area contributed by atoms with Gasteiger partial charge in [-0.05, 0) is 18.2 Å². The van der Waals surface area contributed by atoms with Crippen LogP contribution in [0, 0.1) is 0 Å². The maximum Gasteiger partial charge on any atom is 0.335 e. The number of rotatable bonds is 2. The Labute approximate surface area is 91.6 Å². The molecule has 0 saturated carbocycles. The van der Waals surface area contributed by atoms with Gasteiger partial charge in [-0.25, -0.2) is 14.8 Å². The molecule has 0 atom stereocenters. The first-order chi connectivity index (χ1) is 7.66. The quantitative estimate of drug-likeness (QED) is 0.790. The van der Waals surface area contributed by atoms with Crippen LogP contribution in [0.15, 0.2) is 36.5 Å². The number of hydrogen-bond donors (Lipinski definition) is 2. The van der Waals surface area contributed by atoms with Gasteiger partial charge in [-0.2, -0.15) is 0 Å². The van der Waals surface area contributed by atoms with E-state index in [2.05, 4.69) is 9.97 Å². The van der Waals surface area contributed by atoms with E-state index in [-0.39, 0.29) is 11.5 Å². The average Bonchev–Trinajstić information content (AvgIpc) is 2.29. The molecule has 5 nitrogen and oxygen atoms in total. The third-order valence-electron chi connectivity index (χ3n) is 2.10. The number of nitrogen functional groups attached to an aromatic ring is 1. The zero-order chi connectivity index (χ0) is 11.5. The van der Waals surface area contributed by atoms with Gasteiger partial charge in [0, 0.05) is 11.8 Å². The third kappa shape index (κ3) is 1.98. The van der Waals surface area contributed by atoms with E-state index in [9.17, 15) is 4.79 Å². The van der Waals surface area contributed by atoms with E-state index in [1.165, 1.54) is 12.1 Å². The molecule has 0 aliphatic rings. The molecule has 16 heavy (non-hydrogen) atoms. The lowest BCUT2D eigenvalue weighted by Gasteiger charge is -2.01. The normalized spacial score (nSPS) is 10.0. The standard InChI is InChI=1S/C11H9N3O2/c12-11-13-6-5-9(14-11)7-1-3-8(4-2-7)10(15)16/h1-6H,(H,15,16)(H2,12,13,14). The molecule has 0 radical (unpaired) electrons. The summed E-state index contributed by atoms with van der Waals surface area (Å²) in [4.78, 5) is 18.5. The minimum absolute atomic E-state index is 0.194. The Bertz CT molecular complexity index is 523. The van der Waals surface area contributed by atoms with Gasteiger partial charge < -0.3 is 10.8 Å². The Morgan fingerprint density at radius 3 is 2.44 bits per heavy atom. The fraction of sp³-hybridized carbons (Fsp3) is 0. The van der Waals surface area contributed by atoms with E-state index in [0.29, 0.717) is 5.69 Å². The SMILES string of the molecule is Nc1nccc(-c2ccc(C(=O)O)cc2)n1. The van der Waals surface area contributed by atoms with E-state index in [1.54, 1.807) is 24.4 Å².